The molecule has 8 aliphatic heterocycles. The van der Waals surface area contributed by atoms with Crippen LogP contribution in [0.3, 0.4) is 0 Å². The molecule has 8 fully saturated rings. The van der Waals surface area contributed by atoms with Gasteiger partial charge in [0.25, 0.3) is 0 Å². The first-order valence-corrected chi connectivity index (χ1v) is 32.4. The van der Waals surface area contributed by atoms with Crippen molar-refractivity contribution in [1.82, 2.24) is 16.0 Å². The number of carbonyl (C=O) groups is 4. The molecule has 103 heavy (non-hydrogen) atoms. The van der Waals surface area contributed by atoms with Crippen LogP contribution in [-0.4, -0.2) is 451 Å². The summed E-state index contributed by atoms with van der Waals surface area (Å²) in [6.45, 7) is -6.40. The van der Waals surface area contributed by atoms with Crippen molar-refractivity contribution in [1.29, 1.82) is 0 Å². The Kier molecular flexibility index (Phi) is 30.6. The van der Waals surface area contributed by atoms with Gasteiger partial charge in [0, 0.05) is 13.8 Å². The van der Waals surface area contributed by atoms with Gasteiger partial charge in [-0.05, 0) is 0 Å². The van der Waals surface area contributed by atoms with Gasteiger partial charge in [0.1, 0.15) is 201 Å². The maximum Gasteiger partial charge on any atom is 0.321 e. The summed E-state index contributed by atoms with van der Waals surface area (Å²) in [6, 6.07) is -5.09. The summed E-state index contributed by atoms with van der Waals surface area (Å²) in [6.07, 6.45) is -76.2. The molecule has 8 aliphatic rings. The maximum absolute atomic E-state index is 12.7. The fraction of sp³-hybridized carbons (Fsp3) is 0.929. The number of ether oxygens (including phenoxy) is 15. The van der Waals surface area contributed by atoms with Crippen LogP contribution < -0.4 is 21.7 Å². The van der Waals surface area contributed by atoms with E-state index in [1.165, 1.54) is 0 Å². The van der Waals surface area contributed by atoms with Gasteiger partial charge in [-0.3, -0.25) is 19.2 Å². The standard InChI is InChI=1S/C56H94N4O43/c1-12(69)58-24-27(73)41(16(5-62)89-48(24)60-23(71)3-14(57)49(87)88)97-50-25(59-13(2)70)28(74)42(17(6-63)91-50)98-52-36(82)30(76)44(19(8-65)92-52)100-54-38(84)32(78)46(21(10-67)94-54)102-56-40(86)34(80)47(22(11-68)96-56)103-55-39(85)33(79)45(20(9-66)95-55)101-53-37(83)31(77)43(18(7-64)93-53)99-51-35(81)29(75)26(72)15(4-61)90-51/h14-22,24-48,50-56,61-68,72-86H,3-11,57H2,1-2H3,(H,58,69)(H,59,70)(H,60,71)(H,87,88)/t14-,15+,16+,17+,18+,19+,20+,21+,22+,24+,25+,26+,27+,28+,29-,30+,31+,32+,33+,34+,35-,36-,37-,38-,39-,40-,41+,42+,43+,44+,45+,46+,47+,48+,50-,51-,52-,53-,54-,55-,56-/m0/s1. The highest BCUT2D eigenvalue weighted by Gasteiger charge is 2.60. The molecule has 3 amide bonds. The van der Waals surface area contributed by atoms with Gasteiger partial charge in [-0.2, -0.15) is 0 Å². The molecular weight excluding hydrogens is 1420 g/mol. The predicted molar refractivity (Wildman–Crippen MR) is 314 cm³/mol. The largest absolute Gasteiger partial charge is 0.480 e. The number of rotatable bonds is 28. The van der Waals surface area contributed by atoms with Gasteiger partial charge in [-0.15, -0.1) is 0 Å². The fourth-order valence-corrected chi connectivity index (χ4v) is 13.0. The quantitative estimate of drug-likeness (QED) is 0.0346. The number of carbonyl (C=O) groups excluding carboxylic acids is 3. The van der Waals surface area contributed by atoms with Crippen molar-refractivity contribution >= 4 is 23.7 Å². The van der Waals surface area contributed by atoms with Gasteiger partial charge < -0.3 is 215 Å². The van der Waals surface area contributed by atoms with Crippen LogP contribution in [0.15, 0.2) is 0 Å². The molecule has 8 rings (SSSR count). The first-order chi connectivity index (χ1) is 48.7. The number of aliphatic hydroxyl groups is 23. The maximum atomic E-state index is 12.7. The first kappa shape index (κ1) is 84.9. The van der Waals surface area contributed by atoms with Gasteiger partial charge in [-0.25, -0.2) is 0 Å². The van der Waals surface area contributed by atoms with Crippen LogP contribution in [0, 0.1) is 0 Å². The van der Waals surface area contributed by atoms with Crippen LogP contribution in [0.2, 0.25) is 0 Å². The summed E-state index contributed by atoms with van der Waals surface area (Å²) in [5, 5.41) is 267. The number of hydrogen-bond donors (Lipinski definition) is 28. The second kappa shape index (κ2) is 37.2. The third-order valence-electron chi connectivity index (χ3n) is 18.5. The molecule has 41 atom stereocenters. The summed E-state index contributed by atoms with van der Waals surface area (Å²) in [7, 11) is 0. The average Bonchev–Trinajstić information content (AvgIpc) is 0.776. The average molecular weight is 1510 g/mol. The molecule has 0 aromatic rings. The molecule has 47 nitrogen and oxygen atoms in total. The summed E-state index contributed by atoms with van der Waals surface area (Å²) in [4.78, 5) is 49.0. The van der Waals surface area contributed by atoms with Crippen molar-refractivity contribution in [2.24, 2.45) is 5.73 Å². The molecule has 0 aromatic heterocycles. The minimum Gasteiger partial charge on any atom is -0.480 e. The molecule has 0 unspecified atom stereocenters. The van der Waals surface area contributed by atoms with E-state index in [4.69, 9.17) is 81.9 Å². The fourth-order valence-electron chi connectivity index (χ4n) is 13.0. The Morgan fingerprint density at radius 2 is 0.544 bits per heavy atom. The first-order valence-electron chi connectivity index (χ1n) is 32.4. The van der Waals surface area contributed by atoms with Crippen LogP contribution in [0.25, 0.3) is 0 Å². The van der Waals surface area contributed by atoms with E-state index in [1.54, 1.807) is 0 Å². The van der Waals surface area contributed by atoms with Gasteiger partial charge in [-0.1, -0.05) is 0 Å². The van der Waals surface area contributed by atoms with E-state index in [2.05, 4.69) is 16.0 Å². The van der Waals surface area contributed by atoms with Crippen molar-refractivity contribution in [2.75, 3.05) is 52.9 Å². The third kappa shape index (κ3) is 18.8. The Balaban J connectivity index is 0.868. The number of carboxylic acids is 1. The van der Waals surface area contributed by atoms with Gasteiger partial charge >= 0.3 is 5.97 Å². The van der Waals surface area contributed by atoms with E-state index in [9.17, 15) is 137 Å². The molecule has 29 N–H and O–H groups in total. The number of hydrogen-bond acceptors (Lipinski definition) is 43. The molecule has 8 saturated heterocycles. The highest BCUT2D eigenvalue weighted by molar-refractivity contribution is 5.84. The lowest BCUT2D eigenvalue weighted by Crippen LogP contribution is -2.71. The molecule has 0 aromatic carbocycles. The molecule has 0 radical (unpaired) electrons. The normalized spacial score (nSPS) is 48.0. The van der Waals surface area contributed by atoms with E-state index >= 15 is 0 Å². The Labute approximate surface area is 581 Å². The van der Waals surface area contributed by atoms with Gasteiger partial charge in [0.15, 0.2) is 50.3 Å². The SMILES string of the molecule is CC(=O)N[C@@H]1[C@@H](O)[C@H](O[C@@H]2O[C@H](CO)[C@@H](O[C@@H]3O[C@H](CO)[C@@H](O[C@@H]4O[C@H](CO)[C@@H](O[C@@H]5O[C@H](CO)[C@@H](O[C@@H]6O[C@H](CO)[C@@H](O[C@@H]7O[C@H](CO)[C@@H](O[C@@H]8O[C@H](CO)[C@@H](O)[C@H](O)[C@@H]8O)[C@H](O)[C@@H]7O)[C@H](O)[C@@H]6O)[C@H](O)[C@@H]5O)[C@H](O)[C@@H]4O)[C@H](O)[C@@H]3O)[C@H](O)[C@H]2NC(C)=O)[C@@H](CO)O[C@H]1NC(=O)C[C@H](N)C(=O)O. The minimum atomic E-state index is -2.31. The predicted octanol–water partition coefficient (Wildman–Crippen LogP) is -19.2. The van der Waals surface area contributed by atoms with E-state index < -0.39 is 334 Å². The van der Waals surface area contributed by atoms with E-state index in [0.29, 0.717) is 0 Å². The third-order valence-corrected chi connectivity index (χ3v) is 18.5. The molecule has 0 saturated carbocycles. The van der Waals surface area contributed by atoms with Gasteiger partial charge in [0.2, 0.25) is 17.7 Å². The number of nitrogens with two attached hydrogens (primary N) is 1. The van der Waals surface area contributed by atoms with E-state index in [0.717, 1.165) is 13.8 Å². The molecule has 0 spiro atoms. The number of aliphatic hydroxyl groups excluding tert-OH is 23. The summed E-state index contributed by atoms with van der Waals surface area (Å²) in [5.41, 5.74) is 5.46. The van der Waals surface area contributed by atoms with Crippen LogP contribution in [0.1, 0.15) is 20.3 Å². The van der Waals surface area contributed by atoms with Gasteiger partial charge in [0.05, 0.1) is 59.3 Å². The van der Waals surface area contributed by atoms with Crippen molar-refractivity contribution in [2.45, 2.75) is 272 Å². The summed E-state index contributed by atoms with van der Waals surface area (Å²) in [5.74, 6) is -4.23. The topological polar surface area (TPSA) is 754 Å². The van der Waals surface area contributed by atoms with Crippen molar-refractivity contribution in [3.8, 4) is 0 Å². The summed E-state index contributed by atoms with van der Waals surface area (Å²) >= 11 is 0. The molecule has 8 heterocycles. The Bertz CT molecular complexity index is 2680. The Morgan fingerprint density at radius 3 is 0.825 bits per heavy atom. The lowest BCUT2D eigenvalue weighted by Gasteiger charge is -2.50. The zero-order valence-electron chi connectivity index (χ0n) is 54.6. The van der Waals surface area contributed by atoms with Crippen molar-refractivity contribution in [3.05, 3.63) is 0 Å². The second-order valence-corrected chi connectivity index (χ2v) is 25.6. The minimum absolute atomic E-state index is 0.795. The molecule has 47 heteroatoms. The zero-order chi connectivity index (χ0) is 76.1. The lowest BCUT2D eigenvalue weighted by atomic mass is 9.93. The van der Waals surface area contributed by atoms with Crippen LogP contribution >= 0.6 is 0 Å². The number of carboxylic acid groups (broad SMARTS) is 1. The molecule has 0 aliphatic carbocycles. The Morgan fingerprint density at radius 1 is 0.311 bits per heavy atom. The molecule has 596 valence electrons. The zero-order valence-corrected chi connectivity index (χ0v) is 54.6. The highest BCUT2D eigenvalue weighted by atomic mass is 16.8. The smallest absolute Gasteiger partial charge is 0.321 e. The van der Waals surface area contributed by atoms with Crippen LogP contribution in [-0.2, 0) is 90.2 Å². The van der Waals surface area contributed by atoms with Crippen LogP contribution in [0.5, 0.6) is 0 Å². The summed E-state index contributed by atoms with van der Waals surface area (Å²) < 4.78 is 85.6. The highest BCUT2D eigenvalue weighted by Crippen LogP contribution is 2.39. The number of aliphatic carboxylic acids is 1. The Hall–Kier alpha value is -3.68. The monoisotopic (exact) mass is 1510 g/mol. The lowest BCUT2D eigenvalue weighted by molar-refractivity contribution is -0.397. The van der Waals surface area contributed by atoms with Crippen molar-refractivity contribution in [3.63, 3.8) is 0 Å². The second-order valence-electron chi connectivity index (χ2n) is 25.6. The molecule has 0 bridgehead atoms. The van der Waals surface area contributed by atoms with E-state index in [1.807, 2.05) is 0 Å². The van der Waals surface area contributed by atoms with Crippen LogP contribution in [0.4, 0.5) is 0 Å². The van der Waals surface area contributed by atoms with Crippen molar-refractivity contribution < 1.29 is 213 Å². The van der Waals surface area contributed by atoms with E-state index in [-0.39, 0.29) is 0 Å². The molecular formula is C56H94N4O43. The number of nitrogens with one attached hydrogen (secondary N) is 3. The number of amides is 3.